The van der Waals surface area contributed by atoms with Crippen LogP contribution in [0.1, 0.15) is 17.3 Å². The summed E-state index contributed by atoms with van der Waals surface area (Å²) in [5.74, 6) is 0.530. The molecule has 1 fully saturated rings. The largest absolute Gasteiger partial charge is 0.507 e. The molecule has 2 atom stereocenters. The van der Waals surface area contributed by atoms with Crippen LogP contribution in [0.4, 0.5) is 0 Å². The molecule has 0 radical (unpaired) electrons. The molecule has 1 amide bonds. The fourth-order valence-corrected chi connectivity index (χ4v) is 2.46. The summed E-state index contributed by atoms with van der Waals surface area (Å²) < 4.78 is 10.6. The lowest BCUT2D eigenvalue weighted by Crippen LogP contribution is -2.49. The Labute approximate surface area is 123 Å². The van der Waals surface area contributed by atoms with E-state index < -0.39 is 0 Å². The summed E-state index contributed by atoms with van der Waals surface area (Å²) in [5, 5.41) is 9.93. The first-order valence-electron chi connectivity index (χ1n) is 6.42. The Morgan fingerprint density at radius 1 is 1.55 bits per heavy atom. The molecule has 1 aromatic carbocycles. The Bertz CT molecular complexity index is 494. The van der Waals surface area contributed by atoms with Gasteiger partial charge in [-0.05, 0) is 19.1 Å². The summed E-state index contributed by atoms with van der Waals surface area (Å²) in [6, 6.07) is 4.64. The van der Waals surface area contributed by atoms with Gasteiger partial charge in [0.05, 0.1) is 30.8 Å². The first-order chi connectivity index (χ1) is 9.55. The summed E-state index contributed by atoms with van der Waals surface area (Å²) >= 11 is 5.80. The van der Waals surface area contributed by atoms with Crippen molar-refractivity contribution in [3.8, 4) is 11.5 Å². The maximum atomic E-state index is 12.5. The van der Waals surface area contributed by atoms with Crippen molar-refractivity contribution in [2.75, 3.05) is 26.1 Å². The molecule has 2 rings (SSSR count). The molecule has 6 heteroatoms. The van der Waals surface area contributed by atoms with Gasteiger partial charge in [-0.1, -0.05) is 0 Å². The summed E-state index contributed by atoms with van der Waals surface area (Å²) in [5.41, 5.74) is 0.258. The molecule has 0 aliphatic carbocycles. The maximum absolute atomic E-state index is 12.5. The van der Waals surface area contributed by atoms with E-state index in [1.807, 2.05) is 6.92 Å². The molecule has 0 bridgehead atoms. The lowest BCUT2D eigenvalue weighted by Gasteiger charge is -2.36. The van der Waals surface area contributed by atoms with Gasteiger partial charge in [-0.2, -0.15) is 0 Å². The van der Waals surface area contributed by atoms with Crippen LogP contribution in [0.2, 0.25) is 0 Å². The van der Waals surface area contributed by atoms with Gasteiger partial charge in [-0.3, -0.25) is 4.79 Å². The van der Waals surface area contributed by atoms with E-state index in [0.717, 1.165) is 0 Å². The van der Waals surface area contributed by atoms with Crippen molar-refractivity contribution >= 4 is 17.5 Å². The van der Waals surface area contributed by atoms with Crippen molar-refractivity contribution in [1.29, 1.82) is 0 Å². The lowest BCUT2D eigenvalue weighted by atomic mass is 10.1. The molecule has 1 saturated heterocycles. The van der Waals surface area contributed by atoms with E-state index in [1.165, 1.54) is 13.2 Å². The highest BCUT2D eigenvalue weighted by Gasteiger charge is 2.29. The number of hydrogen-bond acceptors (Lipinski definition) is 4. The van der Waals surface area contributed by atoms with Crippen LogP contribution in [0, 0.1) is 0 Å². The number of carbonyl (C=O) groups excluding carboxylic acids is 1. The van der Waals surface area contributed by atoms with Crippen LogP contribution in [0.3, 0.4) is 0 Å². The Morgan fingerprint density at radius 2 is 2.30 bits per heavy atom. The predicted octanol–water partition coefficient (Wildman–Crippen LogP) is 1.87. The summed E-state index contributed by atoms with van der Waals surface area (Å²) in [4.78, 5) is 14.1. The number of alkyl halides is 1. The van der Waals surface area contributed by atoms with E-state index in [0.29, 0.717) is 24.7 Å². The predicted molar refractivity (Wildman–Crippen MR) is 75.6 cm³/mol. The maximum Gasteiger partial charge on any atom is 0.257 e. The number of benzene rings is 1. The first-order valence-corrected chi connectivity index (χ1v) is 6.96. The van der Waals surface area contributed by atoms with Gasteiger partial charge in [0.25, 0.3) is 5.91 Å². The van der Waals surface area contributed by atoms with E-state index in [4.69, 9.17) is 21.1 Å². The molecule has 20 heavy (non-hydrogen) atoms. The number of phenolic OH excluding ortho intramolecular Hbond substituents is 1. The quantitative estimate of drug-likeness (QED) is 0.866. The van der Waals surface area contributed by atoms with Crippen LogP contribution in [0.15, 0.2) is 18.2 Å². The molecule has 1 N–H and O–H groups in total. The third-order valence-electron chi connectivity index (χ3n) is 3.22. The summed E-state index contributed by atoms with van der Waals surface area (Å²) in [7, 11) is 1.50. The minimum Gasteiger partial charge on any atom is -0.507 e. The molecular formula is C14H18ClNO4. The van der Waals surface area contributed by atoms with Crippen molar-refractivity contribution in [1.82, 2.24) is 4.90 Å². The van der Waals surface area contributed by atoms with E-state index in [2.05, 4.69) is 0 Å². The van der Waals surface area contributed by atoms with Crippen LogP contribution in [0.25, 0.3) is 0 Å². The normalized spacial score (nSPS) is 22.6. The second kappa shape index (κ2) is 6.33. The topological polar surface area (TPSA) is 59.0 Å². The van der Waals surface area contributed by atoms with Crippen molar-refractivity contribution < 1.29 is 19.4 Å². The molecule has 1 heterocycles. The molecule has 1 aliphatic heterocycles. The van der Waals surface area contributed by atoms with Gasteiger partial charge in [0.2, 0.25) is 0 Å². The Balaban J connectivity index is 2.18. The molecule has 5 nitrogen and oxygen atoms in total. The van der Waals surface area contributed by atoms with Gasteiger partial charge < -0.3 is 19.5 Å². The van der Waals surface area contributed by atoms with E-state index in [9.17, 15) is 9.90 Å². The van der Waals surface area contributed by atoms with Crippen LogP contribution in [-0.2, 0) is 4.74 Å². The number of halogens is 1. The second-order valence-electron chi connectivity index (χ2n) is 4.82. The zero-order valence-electron chi connectivity index (χ0n) is 11.5. The van der Waals surface area contributed by atoms with Crippen LogP contribution < -0.4 is 4.74 Å². The minimum absolute atomic E-state index is 0.0724. The van der Waals surface area contributed by atoms with Gasteiger partial charge in [0.15, 0.2) is 0 Å². The second-order valence-corrected chi connectivity index (χ2v) is 5.12. The van der Waals surface area contributed by atoms with Crippen molar-refractivity contribution in [3.05, 3.63) is 23.8 Å². The molecule has 0 spiro atoms. The van der Waals surface area contributed by atoms with Crippen LogP contribution >= 0.6 is 11.6 Å². The van der Waals surface area contributed by atoms with Gasteiger partial charge in [0, 0.05) is 19.2 Å². The van der Waals surface area contributed by atoms with E-state index in [1.54, 1.807) is 17.0 Å². The number of phenols is 1. The number of carbonyl (C=O) groups is 1. The number of methoxy groups -OCH3 is 1. The highest BCUT2D eigenvalue weighted by Crippen LogP contribution is 2.25. The fraction of sp³-hybridized carbons (Fsp3) is 0.500. The van der Waals surface area contributed by atoms with Gasteiger partial charge >= 0.3 is 0 Å². The monoisotopic (exact) mass is 299 g/mol. The minimum atomic E-state index is -0.226. The molecule has 0 aromatic heterocycles. The Morgan fingerprint density at radius 3 is 2.90 bits per heavy atom. The Kier molecular flexibility index (Phi) is 4.73. The van der Waals surface area contributed by atoms with E-state index in [-0.39, 0.29) is 29.4 Å². The zero-order valence-corrected chi connectivity index (χ0v) is 12.3. The Hall–Kier alpha value is -1.46. The molecule has 1 aliphatic rings. The molecule has 2 unspecified atom stereocenters. The van der Waals surface area contributed by atoms with Crippen molar-refractivity contribution in [2.24, 2.45) is 0 Å². The number of aromatic hydroxyl groups is 1. The number of nitrogens with zero attached hydrogens (tertiary/aromatic N) is 1. The number of amides is 1. The highest BCUT2D eigenvalue weighted by molar-refractivity contribution is 6.18. The number of rotatable bonds is 3. The average molecular weight is 300 g/mol. The van der Waals surface area contributed by atoms with Gasteiger partial charge in [-0.15, -0.1) is 11.6 Å². The van der Waals surface area contributed by atoms with Crippen LogP contribution in [-0.4, -0.2) is 54.2 Å². The average Bonchev–Trinajstić information content (AvgIpc) is 2.45. The zero-order chi connectivity index (χ0) is 14.7. The SMILES string of the molecule is COc1ccc(C(=O)N2CC(C)OC(CCl)C2)c(O)c1. The smallest absolute Gasteiger partial charge is 0.257 e. The number of ether oxygens (including phenoxy) is 2. The summed E-state index contributed by atoms with van der Waals surface area (Å²) in [6.07, 6.45) is -0.249. The van der Waals surface area contributed by atoms with E-state index >= 15 is 0 Å². The van der Waals surface area contributed by atoms with Crippen LogP contribution in [0.5, 0.6) is 11.5 Å². The van der Waals surface area contributed by atoms with Crippen molar-refractivity contribution in [3.63, 3.8) is 0 Å². The lowest BCUT2D eigenvalue weighted by molar-refractivity contribution is -0.0571. The first kappa shape index (κ1) is 14.9. The third kappa shape index (κ3) is 3.16. The molecular weight excluding hydrogens is 282 g/mol. The third-order valence-corrected chi connectivity index (χ3v) is 3.57. The fourth-order valence-electron chi connectivity index (χ4n) is 2.29. The number of morpholine rings is 1. The molecule has 110 valence electrons. The van der Waals surface area contributed by atoms with Crippen molar-refractivity contribution in [2.45, 2.75) is 19.1 Å². The standard InChI is InChI=1S/C14H18ClNO4/c1-9-7-16(8-11(6-15)20-9)14(18)12-4-3-10(19-2)5-13(12)17/h3-5,9,11,17H,6-8H2,1-2H3. The highest BCUT2D eigenvalue weighted by atomic mass is 35.5. The molecule has 1 aromatic rings. The molecule has 0 saturated carbocycles. The number of hydrogen-bond donors (Lipinski definition) is 1. The van der Waals surface area contributed by atoms with Gasteiger partial charge in [-0.25, -0.2) is 0 Å². The van der Waals surface area contributed by atoms with Gasteiger partial charge in [0.1, 0.15) is 11.5 Å². The summed E-state index contributed by atoms with van der Waals surface area (Å²) in [6.45, 7) is 2.81.